The van der Waals surface area contributed by atoms with E-state index in [0.29, 0.717) is 0 Å². The van der Waals surface area contributed by atoms with Gasteiger partial charge in [0.25, 0.3) is 0 Å². The van der Waals surface area contributed by atoms with Gasteiger partial charge in [-0.15, -0.1) is 0 Å². The maximum absolute atomic E-state index is 3.57. The molecule has 1 N–H and O–H groups in total. The molecule has 4 aliphatic rings. The van der Waals surface area contributed by atoms with Gasteiger partial charge in [-0.25, -0.2) is 0 Å². The molecule has 3 heterocycles. The van der Waals surface area contributed by atoms with Gasteiger partial charge in [0.2, 0.25) is 0 Å². The Morgan fingerprint density at radius 1 is 1.00 bits per heavy atom. The average molecular weight is 235 g/mol. The minimum atomic E-state index is 0.819. The van der Waals surface area contributed by atoms with Gasteiger partial charge in [-0.05, 0) is 51.1 Å². The smallest absolute Gasteiger partial charge is 0.0238 e. The average Bonchev–Trinajstić information content (AvgIpc) is 2.77. The van der Waals surface area contributed by atoms with Crippen molar-refractivity contribution in [2.24, 2.45) is 11.8 Å². The van der Waals surface area contributed by atoms with Crippen LogP contribution in [0.3, 0.4) is 0 Å². The summed E-state index contributed by atoms with van der Waals surface area (Å²) >= 11 is 0. The van der Waals surface area contributed by atoms with Gasteiger partial charge >= 0.3 is 0 Å². The molecule has 3 aliphatic heterocycles. The second kappa shape index (κ2) is 3.94. The van der Waals surface area contributed by atoms with Crippen molar-refractivity contribution in [3.05, 3.63) is 0 Å². The van der Waals surface area contributed by atoms with Crippen LogP contribution in [0.15, 0.2) is 0 Å². The number of nitrogens with zero attached hydrogens (tertiary/aromatic N) is 2. The number of hydrogen-bond donors (Lipinski definition) is 1. The summed E-state index contributed by atoms with van der Waals surface area (Å²) in [4.78, 5) is 5.60. The summed E-state index contributed by atoms with van der Waals surface area (Å²) in [5, 5.41) is 3.57. The van der Waals surface area contributed by atoms with Crippen LogP contribution in [0, 0.1) is 11.8 Å². The monoisotopic (exact) mass is 235 g/mol. The summed E-state index contributed by atoms with van der Waals surface area (Å²) in [6, 6.07) is 2.66. The molecule has 0 aromatic rings. The molecule has 0 aromatic carbocycles. The maximum Gasteiger partial charge on any atom is 0.0238 e. The summed E-state index contributed by atoms with van der Waals surface area (Å²) in [6.45, 7) is 9.10. The molecule has 4 fully saturated rings. The van der Waals surface area contributed by atoms with E-state index in [-0.39, 0.29) is 0 Å². The van der Waals surface area contributed by atoms with E-state index < -0.39 is 0 Å². The Hall–Kier alpha value is -0.120. The Kier molecular flexibility index (Phi) is 2.50. The minimum Gasteiger partial charge on any atom is -0.316 e. The Balaban J connectivity index is 1.42. The molecule has 4 rings (SSSR count). The number of likely N-dealkylation sites (tertiary alicyclic amines) is 2. The molecular formula is C14H25N3. The van der Waals surface area contributed by atoms with Gasteiger partial charge in [0.05, 0.1) is 0 Å². The van der Waals surface area contributed by atoms with Crippen LogP contribution in [0.5, 0.6) is 0 Å². The molecule has 4 atom stereocenters. The summed E-state index contributed by atoms with van der Waals surface area (Å²) in [7, 11) is 0. The highest BCUT2D eigenvalue weighted by Crippen LogP contribution is 2.37. The summed E-state index contributed by atoms with van der Waals surface area (Å²) in [6.07, 6.45) is 4.36. The SMILES string of the molecule is CC1C2CNCC2CN1C1CCN(C2CC2)C1. The highest BCUT2D eigenvalue weighted by atomic mass is 15.3. The highest BCUT2D eigenvalue weighted by molar-refractivity contribution is 5.01. The fraction of sp³-hybridized carbons (Fsp3) is 1.00. The lowest BCUT2D eigenvalue weighted by molar-refractivity contribution is 0.167. The van der Waals surface area contributed by atoms with Crippen LogP contribution < -0.4 is 5.32 Å². The Bertz CT molecular complexity index is 302. The highest BCUT2D eigenvalue weighted by Gasteiger charge is 2.46. The van der Waals surface area contributed by atoms with Crippen molar-refractivity contribution < 1.29 is 0 Å². The largest absolute Gasteiger partial charge is 0.316 e. The lowest BCUT2D eigenvalue weighted by Gasteiger charge is -2.30. The van der Waals surface area contributed by atoms with Crippen LogP contribution in [0.4, 0.5) is 0 Å². The van der Waals surface area contributed by atoms with E-state index in [9.17, 15) is 0 Å². The van der Waals surface area contributed by atoms with Crippen molar-refractivity contribution in [2.75, 3.05) is 32.7 Å². The number of nitrogens with one attached hydrogen (secondary N) is 1. The standard InChI is InChI=1S/C14H25N3/c1-10-14-7-15-6-11(14)8-17(10)13-4-5-16(9-13)12-2-3-12/h10-15H,2-9H2,1H3. The van der Waals surface area contributed by atoms with Crippen LogP contribution >= 0.6 is 0 Å². The van der Waals surface area contributed by atoms with Crippen molar-refractivity contribution in [1.82, 2.24) is 15.1 Å². The van der Waals surface area contributed by atoms with Crippen molar-refractivity contribution in [2.45, 2.75) is 44.3 Å². The molecule has 3 heteroatoms. The molecule has 1 aliphatic carbocycles. The zero-order valence-corrected chi connectivity index (χ0v) is 10.9. The van der Waals surface area contributed by atoms with Crippen LogP contribution in [-0.2, 0) is 0 Å². The molecule has 0 spiro atoms. The van der Waals surface area contributed by atoms with Crippen molar-refractivity contribution in [3.63, 3.8) is 0 Å². The third-order valence-electron chi connectivity index (χ3n) is 5.71. The van der Waals surface area contributed by atoms with Crippen LogP contribution in [0.2, 0.25) is 0 Å². The third kappa shape index (κ3) is 1.74. The first-order valence-electron chi connectivity index (χ1n) is 7.53. The summed E-state index contributed by atoms with van der Waals surface area (Å²) in [5.74, 6) is 1.88. The molecule has 4 unspecified atom stereocenters. The first kappa shape index (κ1) is 10.8. The van der Waals surface area contributed by atoms with Crippen LogP contribution in [0.1, 0.15) is 26.2 Å². The van der Waals surface area contributed by atoms with Crippen LogP contribution in [-0.4, -0.2) is 60.6 Å². The number of rotatable bonds is 2. The second-order valence-electron chi connectivity index (χ2n) is 6.69. The summed E-state index contributed by atoms with van der Waals surface area (Å²) in [5.41, 5.74) is 0. The van der Waals surface area contributed by atoms with Gasteiger partial charge in [0.1, 0.15) is 0 Å². The first-order valence-corrected chi connectivity index (χ1v) is 7.53. The molecule has 1 saturated carbocycles. The molecule has 3 nitrogen and oxygen atoms in total. The van der Waals surface area contributed by atoms with Gasteiger partial charge in [0, 0.05) is 37.8 Å². The normalized spacial score (nSPS) is 47.8. The van der Waals surface area contributed by atoms with E-state index in [4.69, 9.17) is 0 Å². The lowest BCUT2D eigenvalue weighted by atomic mass is 9.95. The first-order chi connectivity index (χ1) is 8.33. The predicted molar refractivity (Wildman–Crippen MR) is 69.0 cm³/mol. The molecule has 96 valence electrons. The molecule has 0 bridgehead atoms. The van der Waals surface area contributed by atoms with E-state index in [1.165, 1.54) is 52.0 Å². The van der Waals surface area contributed by atoms with Gasteiger partial charge < -0.3 is 5.32 Å². The quantitative estimate of drug-likeness (QED) is 0.762. The van der Waals surface area contributed by atoms with E-state index >= 15 is 0 Å². The topological polar surface area (TPSA) is 18.5 Å². The van der Waals surface area contributed by atoms with E-state index in [0.717, 1.165) is 30.0 Å². The van der Waals surface area contributed by atoms with Gasteiger partial charge in [-0.3, -0.25) is 9.80 Å². The molecular weight excluding hydrogens is 210 g/mol. The molecule has 3 saturated heterocycles. The number of hydrogen-bond acceptors (Lipinski definition) is 3. The lowest BCUT2D eigenvalue weighted by Crippen LogP contribution is -2.42. The zero-order chi connectivity index (χ0) is 11.4. The second-order valence-corrected chi connectivity index (χ2v) is 6.69. The van der Waals surface area contributed by atoms with Gasteiger partial charge in [-0.1, -0.05) is 0 Å². The van der Waals surface area contributed by atoms with Crippen molar-refractivity contribution in [1.29, 1.82) is 0 Å². The Labute approximate surface area is 105 Å². The maximum atomic E-state index is 3.57. The van der Waals surface area contributed by atoms with Crippen molar-refractivity contribution >= 4 is 0 Å². The summed E-state index contributed by atoms with van der Waals surface area (Å²) < 4.78 is 0. The molecule has 17 heavy (non-hydrogen) atoms. The Morgan fingerprint density at radius 3 is 2.65 bits per heavy atom. The molecule has 0 aromatic heterocycles. The molecule has 0 radical (unpaired) electrons. The fourth-order valence-electron chi connectivity index (χ4n) is 4.49. The van der Waals surface area contributed by atoms with Gasteiger partial charge in [0.15, 0.2) is 0 Å². The van der Waals surface area contributed by atoms with Crippen molar-refractivity contribution in [3.8, 4) is 0 Å². The fourth-order valence-corrected chi connectivity index (χ4v) is 4.49. The number of fused-ring (bicyclic) bond motifs is 1. The third-order valence-corrected chi connectivity index (χ3v) is 5.71. The predicted octanol–water partition coefficient (Wildman–Crippen LogP) is 0.763. The van der Waals surface area contributed by atoms with E-state index in [1.54, 1.807) is 0 Å². The van der Waals surface area contributed by atoms with Gasteiger partial charge in [-0.2, -0.15) is 0 Å². The Morgan fingerprint density at radius 2 is 1.88 bits per heavy atom. The zero-order valence-electron chi connectivity index (χ0n) is 10.9. The molecule has 0 amide bonds. The minimum absolute atomic E-state index is 0.819. The van der Waals surface area contributed by atoms with E-state index in [2.05, 4.69) is 22.0 Å². The van der Waals surface area contributed by atoms with E-state index in [1.807, 2.05) is 0 Å². The van der Waals surface area contributed by atoms with Crippen LogP contribution in [0.25, 0.3) is 0 Å².